The van der Waals surface area contributed by atoms with Gasteiger partial charge in [-0.1, -0.05) is 39.3 Å². The Hall–Kier alpha value is -1.93. The van der Waals surface area contributed by atoms with E-state index in [1.54, 1.807) is 4.31 Å². The van der Waals surface area contributed by atoms with Crippen LogP contribution in [0.25, 0.3) is 11.0 Å². The molecule has 1 aliphatic heterocycles. The van der Waals surface area contributed by atoms with Crippen molar-refractivity contribution in [2.24, 2.45) is 16.7 Å². The average molecular weight is 419 g/mol. The summed E-state index contributed by atoms with van der Waals surface area (Å²) in [4.78, 5) is 21.0. The van der Waals surface area contributed by atoms with Crippen LogP contribution in [0.4, 0.5) is 0 Å². The second-order valence-electron chi connectivity index (χ2n) is 9.22. The number of para-hydroxylation sites is 2. The van der Waals surface area contributed by atoms with E-state index < -0.39 is 15.4 Å². The molecule has 2 atom stereocenters. The number of H-pyrrole nitrogens is 1. The molecular weight excluding hydrogens is 388 g/mol. The van der Waals surface area contributed by atoms with Gasteiger partial charge in [0.05, 0.1) is 28.7 Å². The number of benzene rings is 1. The highest BCUT2D eigenvalue weighted by Crippen LogP contribution is 2.63. The predicted molar refractivity (Wildman–Crippen MR) is 113 cm³/mol. The monoisotopic (exact) mass is 418 g/mol. The minimum atomic E-state index is -3.32. The summed E-state index contributed by atoms with van der Waals surface area (Å²) in [6.45, 7) is 7.29. The van der Waals surface area contributed by atoms with Gasteiger partial charge in [0.15, 0.2) is 0 Å². The van der Waals surface area contributed by atoms with Crippen molar-refractivity contribution in [2.75, 3.05) is 18.8 Å². The molecular formula is C21H30N4O3S. The maximum atomic E-state index is 13.2. The van der Waals surface area contributed by atoms with Crippen molar-refractivity contribution in [1.82, 2.24) is 19.6 Å². The number of rotatable bonds is 7. The first-order valence-electron chi connectivity index (χ1n) is 10.4. The molecule has 0 spiro atoms. The molecule has 1 aromatic carbocycles. The number of nitrogens with zero attached hydrogens (tertiary/aromatic N) is 2. The molecule has 2 N–H and O–H groups in total. The van der Waals surface area contributed by atoms with Gasteiger partial charge >= 0.3 is 0 Å². The van der Waals surface area contributed by atoms with E-state index in [0.717, 1.165) is 17.5 Å². The molecule has 158 valence electrons. The Labute approximate surface area is 172 Å². The van der Waals surface area contributed by atoms with Crippen LogP contribution in [-0.4, -0.2) is 47.4 Å². The highest BCUT2D eigenvalue weighted by molar-refractivity contribution is 7.89. The zero-order valence-corrected chi connectivity index (χ0v) is 18.2. The molecule has 1 aromatic heterocycles. The topological polar surface area (TPSA) is 95.2 Å². The highest BCUT2D eigenvalue weighted by Gasteiger charge is 2.67. The Morgan fingerprint density at radius 3 is 2.79 bits per heavy atom. The Morgan fingerprint density at radius 2 is 2.10 bits per heavy atom. The number of hydrogen-bond acceptors (Lipinski definition) is 4. The molecule has 1 saturated heterocycles. The van der Waals surface area contributed by atoms with E-state index in [1.165, 1.54) is 0 Å². The summed E-state index contributed by atoms with van der Waals surface area (Å²) in [5, 5.41) is 3.02. The second-order valence-corrected chi connectivity index (χ2v) is 11.3. The fraction of sp³-hybridized carbons (Fsp3) is 0.619. The van der Waals surface area contributed by atoms with Gasteiger partial charge in [-0.05, 0) is 36.3 Å². The highest BCUT2D eigenvalue weighted by atomic mass is 32.2. The number of sulfonamides is 1. The quantitative estimate of drug-likeness (QED) is 0.723. The summed E-state index contributed by atoms with van der Waals surface area (Å²) < 4.78 is 27.0. The maximum absolute atomic E-state index is 13.2. The largest absolute Gasteiger partial charge is 0.348 e. The SMILES string of the molecule is CCCCS(=O)(=O)N1C[C@@H]2C(C)(C)C[C@]2(C(=O)NCc2nc3ccccc3[nH]2)C1. The van der Waals surface area contributed by atoms with Crippen LogP contribution in [0.1, 0.15) is 45.9 Å². The van der Waals surface area contributed by atoms with Gasteiger partial charge < -0.3 is 10.3 Å². The lowest BCUT2D eigenvalue weighted by Gasteiger charge is -2.55. The van der Waals surface area contributed by atoms with E-state index in [1.807, 2.05) is 31.2 Å². The number of carbonyl (C=O) groups is 1. The van der Waals surface area contributed by atoms with Gasteiger partial charge in [-0.3, -0.25) is 4.79 Å². The van der Waals surface area contributed by atoms with E-state index in [9.17, 15) is 13.2 Å². The van der Waals surface area contributed by atoms with Crippen molar-refractivity contribution in [3.05, 3.63) is 30.1 Å². The first-order chi connectivity index (χ1) is 13.7. The maximum Gasteiger partial charge on any atom is 0.228 e. The van der Waals surface area contributed by atoms with E-state index in [2.05, 4.69) is 29.1 Å². The molecule has 0 unspecified atom stereocenters. The van der Waals surface area contributed by atoms with Gasteiger partial charge in [0.1, 0.15) is 5.82 Å². The first-order valence-corrected chi connectivity index (χ1v) is 12.0. The van der Waals surface area contributed by atoms with Crippen LogP contribution in [0.2, 0.25) is 0 Å². The van der Waals surface area contributed by atoms with E-state index >= 15 is 0 Å². The number of aromatic amines is 1. The van der Waals surface area contributed by atoms with Crippen LogP contribution < -0.4 is 5.32 Å². The molecule has 1 saturated carbocycles. The van der Waals surface area contributed by atoms with Crippen molar-refractivity contribution in [2.45, 2.75) is 46.6 Å². The third-order valence-electron chi connectivity index (χ3n) is 6.68. The number of amides is 1. The number of fused-ring (bicyclic) bond motifs is 2. The van der Waals surface area contributed by atoms with E-state index in [4.69, 9.17) is 0 Å². The van der Waals surface area contributed by atoms with E-state index in [0.29, 0.717) is 38.3 Å². The summed E-state index contributed by atoms with van der Waals surface area (Å²) in [5.41, 5.74) is 1.14. The summed E-state index contributed by atoms with van der Waals surface area (Å²) in [6, 6.07) is 7.75. The number of aromatic nitrogens is 2. The molecule has 2 fully saturated rings. The van der Waals surface area contributed by atoms with Crippen molar-refractivity contribution in [1.29, 1.82) is 0 Å². The zero-order valence-electron chi connectivity index (χ0n) is 17.4. The van der Waals surface area contributed by atoms with E-state index in [-0.39, 0.29) is 23.0 Å². The summed E-state index contributed by atoms with van der Waals surface area (Å²) >= 11 is 0. The minimum absolute atomic E-state index is 0.0360. The number of carbonyl (C=O) groups excluding carboxylic acids is 1. The van der Waals surface area contributed by atoms with Crippen molar-refractivity contribution in [3.63, 3.8) is 0 Å². The fourth-order valence-electron chi connectivity index (χ4n) is 5.25. The number of hydrogen-bond donors (Lipinski definition) is 2. The van der Waals surface area contributed by atoms with Crippen molar-refractivity contribution < 1.29 is 13.2 Å². The van der Waals surface area contributed by atoms with Gasteiger partial charge in [0.25, 0.3) is 0 Å². The molecule has 1 aliphatic carbocycles. The zero-order chi connectivity index (χ0) is 20.9. The standard InChI is InChI=1S/C21H30N4O3S/c1-4-5-10-29(27,28)25-12-17-20(2,3)13-21(17,14-25)19(26)22-11-18-23-15-8-6-7-9-16(15)24-18/h6-9,17H,4-5,10-14H2,1-3H3,(H,22,26)(H,23,24)/t17-,21+/m1/s1. The lowest BCUT2D eigenvalue weighted by Crippen LogP contribution is -2.60. The Balaban J connectivity index is 1.48. The number of imidazole rings is 1. The summed E-state index contributed by atoms with van der Waals surface area (Å²) in [7, 11) is -3.32. The van der Waals surface area contributed by atoms with Gasteiger partial charge in [0, 0.05) is 13.1 Å². The molecule has 8 heteroatoms. The lowest BCUT2D eigenvalue weighted by atomic mass is 9.47. The van der Waals surface area contributed by atoms with Crippen LogP contribution in [0, 0.1) is 16.7 Å². The van der Waals surface area contributed by atoms with Gasteiger partial charge in [-0.15, -0.1) is 0 Å². The minimum Gasteiger partial charge on any atom is -0.348 e. The predicted octanol–water partition coefficient (Wildman–Crippen LogP) is 2.66. The Morgan fingerprint density at radius 1 is 1.34 bits per heavy atom. The van der Waals surface area contributed by atoms with Gasteiger partial charge in [-0.25, -0.2) is 17.7 Å². The molecule has 2 aliphatic rings. The summed E-state index contributed by atoms with van der Waals surface area (Å²) in [6.07, 6.45) is 2.19. The second kappa shape index (κ2) is 7.09. The third-order valence-corrected chi connectivity index (χ3v) is 8.55. The molecule has 2 heterocycles. The van der Waals surface area contributed by atoms with Crippen LogP contribution in [0.3, 0.4) is 0 Å². The molecule has 0 radical (unpaired) electrons. The smallest absolute Gasteiger partial charge is 0.228 e. The lowest BCUT2D eigenvalue weighted by molar-refractivity contribution is -0.152. The normalized spacial score (nSPS) is 26.2. The number of unbranched alkanes of at least 4 members (excludes halogenated alkanes) is 1. The molecule has 0 bridgehead atoms. The van der Waals surface area contributed by atoms with Gasteiger partial charge in [-0.2, -0.15) is 0 Å². The average Bonchev–Trinajstić information content (AvgIpc) is 3.24. The fourth-order valence-corrected chi connectivity index (χ4v) is 6.97. The molecule has 7 nitrogen and oxygen atoms in total. The van der Waals surface area contributed by atoms with Crippen molar-refractivity contribution >= 4 is 27.0 Å². The summed E-state index contributed by atoms with van der Waals surface area (Å²) in [5.74, 6) is 0.849. The first kappa shape index (κ1) is 20.3. The van der Waals surface area contributed by atoms with Crippen LogP contribution in [0.5, 0.6) is 0 Å². The molecule has 2 aromatic rings. The van der Waals surface area contributed by atoms with Crippen LogP contribution in [0.15, 0.2) is 24.3 Å². The molecule has 1 amide bonds. The Kier molecular flexibility index (Phi) is 4.98. The third kappa shape index (κ3) is 3.46. The van der Waals surface area contributed by atoms with Crippen LogP contribution in [-0.2, 0) is 21.4 Å². The number of nitrogens with one attached hydrogen (secondary N) is 2. The molecule has 29 heavy (non-hydrogen) atoms. The Bertz CT molecular complexity index is 996. The van der Waals surface area contributed by atoms with Crippen LogP contribution >= 0.6 is 0 Å². The van der Waals surface area contributed by atoms with Crippen molar-refractivity contribution in [3.8, 4) is 0 Å². The molecule has 4 rings (SSSR count). The van der Waals surface area contributed by atoms with Gasteiger partial charge in [0.2, 0.25) is 15.9 Å².